The molecule has 4 nitrogen and oxygen atoms in total. The van der Waals surface area contributed by atoms with E-state index in [4.69, 9.17) is 4.74 Å². The highest BCUT2D eigenvalue weighted by molar-refractivity contribution is 5.95. The summed E-state index contributed by atoms with van der Waals surface area (Å²) in [7, 11) is 1.98. The second kappa shape index (κ2) is 9.44. The molecular formula is C20H25ClN2O2. The summed E-state index contributed by atoms with van der Waals surface area (Å²) in [4.78, 5) is 14.8. The highest BCUT2D eigenvalue weighted by Gasteiger charge is 2.24. The van der Waals surface area contributed by atoms with Crippen LogP contribution in [0.4, 0.5) is 0 Å². The van der Waals surface area contributed by atoms with E-state index in [0.29, 0.717) is 12.6 Å². The van der Waals surface area contributed by atoms with Crippen LogP contribution in [0.15, 0.2) is 54.6 Å². The molecule has 25 heavy (non-hydrogen) atoms. The Labute approximate surface area is 155 Å². The molecule has 0 atom stereocenters. The first kappa shape index (κ1) is 19.3. The first-order valence-corrected chi connectivity index (χ1v) is 8.50. The van der Waals surface area contributed by atoms with Gasteiger partial charge in [-0.3, -0.25) is 4.79 Å². The Balaban J connectivity index is 0.00000225. The molecule has 0 bridgehead atoms. The van der Waals surface area contributed by atoms with E-state index >= 15 is 0 Å². The van der Waals surface area contributed by atoms with E-state index in [1.807, 2.05) is 66.5 Å². The van der Waals surface area contributed by atoms with Crippen molar-refractivity contribution in [2.45, 2.75) is 25.5 Å². The number of rotatable bonds is 5. The zero-order valence-electron chi connectivity index (χ0n) is 14.5. The number of para-hydroxylation sites is 1. The maximum atomic E-state index is 12.9. The quantitative estimate of drug-likeness (QED) is 0.887. The maximum Gasteiger partial charge on any atom is 0.254 e. The zero-order chi connectivity index (χ0) is 16.8. The summed E-state index contributed by atoms with van der Waals surface area (Å²) < 4.78 is 5.82. The molecule has 134 valence electrons. The van der Waals surface area contributed by atoms with Gasteiger partial charge in [-0.1, -0.05) is 36.4 Å². The second-order valence-corrected chi connectivity index (χ2v) is 6.11. The normalized spacial score (nSPS) is 14.7. The van der Waals surface area contributed by atoms with Crippen LogP contribution in [0.5, 0.6) is 5.75 Å². The molecule has 2 aromatic carbocycles. The zero-order valence-corrected chi connectivity index (χ0v) is 15.3. The molecule has 0 spiro atoms. The summed E-state index contributed by atoms with van der Waals surface area (Å²) in [6.45, 7) is 2.01. The number of hydrogen-bond acceptors (Lipinski definition) is 3. The van der Waals surface area contributed by atoms with Crippen molar-refractivity contribution in [3.63, 3.8) is 0 Å². The van der Waals surface area contributed by atoms with Gasteiger partial charge in [-0.25, -0.2) is 0 Å². The molecule has 0 radical (unpaired) electrons. The van der Waals surface area contributed by atoms with Crippen LogP contribution in [-0.4, -0.2) is 37.0 Å². The molecule has 0 aliphatic carbocycles. The topological polar surface area (TPSA) is 41.6 Å². The number of nitrogens with zero attached hydrogens (tertiary/aromatic N) is 1. The van der Waals surface area contributed by atoms with Crippen LogP contribution in [0.2, 0.25) is 0 Å². The molecule has 0 aromatic heterocycles. The average molecular weight is 361 g/mol. The third-order valence-corrected chi connectivity index (χ3v) is 4.58. The van der Waals surface area contributed by atoms with E-state index in [1.165, 1.54) is 0 Å². The Morgan fingerprint density at radius 1 is 1.08 bits per heavy atom. The second-order valence-electron chi connectivity index (χ2n) is 6.11. The Kier molecular flexibility index (Phi) is 7.29. The number of halogens is 1. The molecule has 5 heteroatoms. The first-order chi connectivity index (χ1) is 11.8. The van der Waals surface area contributed by atoms with E-state index in [-0.39, 0.29) is 18.3 Å². The van der Waals surface area contributed by atoms with Gasteiger partial charge in [-0.2, -0.15) is 0 Å². The first-order valence-electron chi connectivity index (χ1n) is 8.50. The molecule has 1 saturated heterocycles. The lowest BCUT2D eigenvalue weighted by molar-refractivity contribution is 0.0704. The number of carbonyl (C=O) groups excluding carboxylic acids is 1. The molecule has 1 amide bonds. The smallest absolute Gasteiger partial charge is 0.254 e. The predicted octanol–water partition coefficient (Wildman–Crippen LogP) is 3.51. The third-order valence-electron chi connectivity index (χ3n) is 4.58. The van der Waals surface area contributed by atoms with Crippen LogP contribution < -0.4 is 10.1 Å². The van der Waals surface area contributed by atoms with Crippen LogP contribution in [0.25, 0.3) is 0 Å². The highest BCUT2D eigenvalue weighted by atomic mass is 35.5. The fourth-order valence-corrected chi connectivity index (χ4v) is 3.07. The van der Waals surface area contributed by atoms with Gasteiger partial charge in [0.05, 0.1) is 0 Å². The summed E-state index contributed by atoms with van der Waals surface area (Å²) in [5.74, 6) is 0.923. The van der Waals surface area contributed by atoms with Gasteiger partial charge in [0.15, 0.2) is 0 Å². The molecule has 3 rings (SSSR count). The van der Waals surface area contributed by atoms with Gasteiger partial charge >= 0.3 is 0 Å². The summed E-state index contributed by atoms with van der Waals surface area (Å²) >= 11 is 0. The minimum Gasteiger partial charge on any atom is -0.489 e. The lowest BCUT2D eigenvalue weighted by Gasteiger charge is -2.32. The van der Waals surface area contributed by atoms with Crippen LogP contribution in [0.3, 0.4) is 0 Å². The van der Waals surface area contributed by atoms with Gasteiger partial charge in [-0.05, 0) is 38.1 Å². The van der Waals surface area contributed by atoms with Crippen LogP contribution in [0, 0.1) is 0 Å². The van der Waals surface area contributed by atoms with Gasteiger partial charge in [0, 0.05) is 30.3 Å². The molecule has 1 aliphatic rings. The summed E-state index contributed by atoms with van der Waals surface area (Å²) in [6, 6.07) is 17.9. The predicted molar refractivity (Wildman–Crippen MR) is 102 cm³/mol. The SMILES string of the molecule is CNC1CCN(C(=O)c2ccccc2COc2ccccc2)CC1.Cl. The van der Waals surface area contributed by atoms with Gasteiger partial charge in [-0.15, -0.1) is 12.4 Å². The van der Waals surface area contributed by atoms with Gasteiger partial charge in [0.1, 0.15) is 12.4 Å². The summed E-state index contributed by atoms with van der Waals surface area (Å²) in [6.07, 6.45) is 2.01. The van der Waals surface area contributed by atoms with Crippen LogP contribution in [-0.2, 0) is 6.61 Å². The fraction of sp³-hybridized carbons (Fsp3) is 0.350. The largest absolute Gasteiger partial charge is 0.489 e. The maximum absolute atomic E-state index is 12.9. The molecule has 1 heterocycles. The number of piperidine rings is 1. The van der Waals surface area contributed by atoms with Gasteiger partial charge < -0.3 is 15.0 Å². The van der Waals surface area contributed by atoms with E-state index in [9.17, 15) is 4.79 Å². The molecule has 0 saturated carbocycles. The minimum absolute atomic E-state index is 0. The Hall–Kier alpha value is -2.04. The number of benzene rings is 2. The fourth-order valence-electron chi connectivity index (χ4n) is 3.07. The van der Waals surface area contributed by atoms with E-state index in [2.05, 4.69) is 5.32 Å². The molecule has 1 fully saturated rings. The van der Waals surface area contributed by atoms with Crippen molar-refractivity contribution in [2.75, 3.05) is 20.1 Å². The number of ether oxygens (including phenoxy) is 1. The van der Waals surface area contributed by atoms with Crippen molar-refractivity contribution in [1.29, 1.82) is 0 Å². The Morgan fingerprint density at radius 2 is 1.72 bits per heavy atom. The van der Waals surface area contributed by atoms with Crippen LogP contribution >= 0.6 is 12.4 Å². The monoisotopic (exact) mass is 360 g/mol. The minimum atomic E-state index is 0. The summed E-state index contributed by atoms with van der Waals surface area (Å²) in [5, 5.41) is 3.30. The Bertz CT molecular complexity index is 670. The lowest BCUT2D eigenvalue weighted by atomic mass is 10.0. The van der Waals surface area contributed by atoms with Crippen molar-refractivity contribution < 1.29 is 9.53 Å². The average Bonchev–Trinajstić information content (AvgIpc) is 2.67. The van der Waals surface area contributed by atoms with Crippen molar-refractivity contribution in [1.82, 2.24) is 10.2 Å². The van der Waals surface area contributed by atoms with E-state index in [0.717, 1.165) is 42.8 Å². The standard InChI is InChI=1S/C20H24N2O2.ClH/c1-21-17-11-13-22(14-12-17)20(23)19-10-6-5-7-16(19)15-24-18-8-3-2-4-9-18;/h2-10,17,21H,11-15H2,1H3;1H. The number of hydrogen-bond donors (Lipinski definition) is 1. The van der Waals surface area contributed by atoms with Crippen molar-refractivity contribution >= 4 is 18.3 Å². The van der Waals surface area contributed by atoms with Crippen molar-refractivity contribution in [3.05, 3.63) is 65.7 Å². The molecule has 1 aliphatic heterocycles. The molecule has 2 aromatic rings. The molecular weight excluding hydrogens is 336 g/mol. The third kappa shape index (κ3) is 4.97. The number of amides is 1. The Morgan fingerprint density at radius 3 is 2.40 bits per heavy atom. The van der Waals surface area contributed by atoms with Crippen molar-refractivity contribution in [2.24, 2.45) is 0 Å². The number of carbonyl (C=O) groups is 1. The number of likely N-dealkylation sites (tertiary alicyclic amines) is 1. The van der Waals surface area contributed by atoms with Gasteiger partial charge in [0.25, 0.3) is 5.91 Å². The highest BCUT2D eigenvalue weighted by Crippen LogP contribution is 2.19. The van der Waals surface area contributed by atoms with E-state index in [1.54, 1.807) is 0 Å². The van der Waals surface area contributed by atoms with Gasteiger partial charge in [0.2, 0.25) is 0 Å². The number of nitrogens with one attached hydrogen (secondary N) is 1. The lowest BCUT2D eigenvalue weighted by Crippen LogP contribution is -2.44. The molecule has 0 unspecified atom stereocenters. The summed E-state index contributed by atoms with van der Waals surface area (Å²) in [5.41, 5.74) is 1.68. The molecule has 1 N–H and O–H groups in total. The van der Waals surface area contributed by atoms with Crippen LogP contribution in [0.1, 0.15) is 28.8 Å². The van der Waals surface area contributed by atoms with E-state index < -0.39 is 0 Å². The van der Waals surface area contributed by atoms with Crippen molar-refractivity contribution in [3.8, 4) is 5.75 Å².